The van der Waals surface area contributed by atoms with E-state index in [0.29, 0.717) is 28.5 Å². The largest absolute Gasteiger partial charge is 0.381 e. The van der Waals surface area contributed by atoms with Gasteiger partial charge in [-0.25, -0.2) is 4.98 Å². The van der Waals surface area contributed by atoms with E-state index >= 15 is 0 Å². The third-order valence-electron chi connectivity index (χ3n) is 7.06. The highest BCUT2D eigenvalue weighted by molar-refractivity contribution is 6.00. The first-order valence-electron chi connectivity index (χ1n) is 11.9. The highest BCUT2D eigenvalue weighted by Gasteiger charge is 2.31. The summed E-state index contributed by atoms with van der Waals surface area (Å²) in [6.07, 6.45) is 7.90. The van der Waals surface area contributed by atoms with Gasteiger partial charge in [-0.05, 0) is 44.2 Å². The molecule has 3 heterocycles. The van der Waals surface area contributed by atoms with Crippen LogP contribution in [0.3, 0.4) is 0 Å². The van der Waals surface area contributed by atoms with E-state index in [9.17, 15) is 9.59 Å². The highest BCUT2D eigenvalue weighted by atomic mass is 16.5. The predicted octanol–water partition coefficient (Wildman–Crippen LogP) is 2.32. The van der Waals surface area contributed by atoms with Gasteiger partial charge in [-0.3, -0.25) is 9.59 Å². The van der Waals surface area contributed by atoms with Gasteiger partial charge >= 0.3 is 0 Å². The van der Waals surface area contributed by atoms with Gasteiger partial charge in [-0.15, -0.1) is 0 Å². The molecule has 0 bridgehead atoms. The Balaban J connectivity index is 1.41. The van der Waals surface area contributed by atoms with Gasteiger partial charge in [0.15, 0.2) is 5.65 Å². The summed E-state index contributed by atoms with van der Waals surface area (Å²) in [5, 5.41) is 13.7. The second-order valence-corrected chi connectivity index (χ2v) is 9.15. The summed E-state index contributed by atoms with van der Waals surface area (Å²) in [5.41, 5.74) is 1.06. The zero-order valence-corrected chi connectivity index (χ0v) is 20.2. The van der Waals surface area contributed by atoms with E-state index in [4.69, 9.17) is 9.47 Å². The van der Waals surface area contributed by atoms with Crippen molar-refractivity contribution >= 4 is 28.9 Å². The van der Waals surface area contributed by atoms with E-state index in [0.717, 1.165) is 32.1 Å². The number of aromatic nitrogens is 4. The SMILES string of the molecule is CNc1cc(Nc2cccn([C@H]3C[C@@H](OC)C3)c2=O)nc2c(C(=O)N[C@H]3CC[C@H](OC)C3)cnn12. The van der Waals surface area contributed by atoms with Crippen molar-refractivity contribution in [3.63, 3.8) is 0 Å². The number of carbonyl (C=O) groups excluding carboxylic acids is 1. The standard InChI is InChI=1S/C24H31N7O4/c1-25-21-12-20(28-19-5-4-8-30(24(19)33)15-10-17(11-15)35-3)29-22-18(13-26-31(21)22)23(32)27-14-6-7-16(9-14)34-2/h4-5,8,12-17,25H,6-7,9-11H2,1-3H3,(H,27,32)(H,28,29)/t14-,15-,16-,17+/m0/s1. The van der Waals surface area contributed by atoms with Crippen LogP contribution >= 0.6 is 0 Å². The summed E-state index contributed by atoms with van der Waals surface area (Å²) in [4.78, 5) is 30.8. The normalized spacial score (nSPS) is 23.7. The van der Waals surface area contributed by atoms with Crippen molar-refractivity contribution in [3.8, 4) is 0 Å². The summed E-state index contributed by atoms with van der Waals surface area (Å²) in [5.74, 6) is 0.846. The van der Waals surface area contributed by atoms with E-state index in [2.05, 4.69) is 26.0 Å². The van der Waals surface area contributed by atoms with Gasteiger partial charge in [0.05, 0.1) is 18.4 Å². The van der Waals surface area contributed by atoms with E-state index in [-0.39, 0.29) is 35.8 Å². The molecule has 2 atom stereocenters. The lowest BCUT2D eigenvalue weighted by atomic mass is 9.89. The lowest BCUT2D eigenvalue weighted by molar-refractivity contribution is 0.00522. The average Bonchev–Trinajstić information content (AvgIpc) is 3.47. The fraction of sp³-hybridized carbons (Fsp3) is 0.500. The van der Waals surface area contributed by atoms with Crippen molar-refractivity contribution in [2.75, 3.05) is 31.9 Å². The Hall–Kier alpha value is -3.44. The monoisotopic (exact) mass is 481 g/mol. The van der Waals surface area contributed by atoms with E-state index in [1.165, 1.54) is 6.20 Å². The quantitative estimate of drug-likeness (QED) is 0.448. The molecular formula is C24H31N7O4. The number of nitrogens with one attached hydrogen (secondary N) is 3. The van der Waals surface area contributed by atoms with Crippen molar-refractivity contribution < 1.29 is 14.3 Å². The van der Waals surface area contributed by atoms with Crippen LogP contribution in [0.5, 0.6) is 0 Å². The summed E-state index contributed by atoms with van der Waals surface area (Å²) in [6.45, 7) is 0. The van der Waals surface area contributed by atoms with Crippen molar-refractivity contribution in [2.45, 2.75) is 56.4 Å². The lowest BCUT2D eigenvalue weighted by Crippen LogP contribution is -2.37. The minimum Gasteiger partial charge on any atom is -0.381 e. The summed E-state index contributed by atoms with van der Waals surface area (Å²) >= 11 is 0. The number of ether oxygens (including phenoxy) is 2. The Morgan fingerprint density at radius 2 is 1.94 bits per heavy atom. The second kappa shape index (κ2) is 9.67. The maximum atomic E-state index is 13.1. The maximum Gasteiger partial charge on any atom is 0.274 e. The van der Waals surface area contributed by atoms with Gasteiger partial charge in [-0.2, -0.15) is 9.61 Å². The predicted molar refractivity (Wildman–Crippen MR) is 131 cm³/mol. The first kappa shape index (κ1) is 23.3. The molecule has 3 aromatic heterocycles. The molecule has 3 aromatic rings. The topological polar surface area (TPSA) is 124 Å². The number of amides is 1. The van der Waals surface area contributed by atoms with Crippen LogP contribution in [-0.4, -0.2) is 64.6 Å². The van der Waals surface area contributed by atoms with E-state index in [1.807, 2.05) is 6.07 Å². The molecule has 11 heteroatoms. The van der Waals surface area contributed by atoms with Gasteiger partial charge in [0.2, 0.25) is 0 Å². The number of nitrogens with zero attached hydrogens (tertiary/aromatic N) is 4. The summed E-state index contributed by atoms with van der Waals surface area (Å²) in [7, 11) is 5.15. The Kier molecular flexibility index (Phi) is 6.44. The molecule has 0 aromatic carbocycles. The fourth-order valence-electron chi connectivity index (χ4n) is 4.90. The number of pyridine rings is 1. The second-order valence-electron chi connectivity index (χ2n) is 9.15. The molecule has 3 N–H and O–H groups in total. The van der Waals surface area contributed by atoms with Crippen LogP contribution in [0.2, 0.25) is 0 Å². The summed E-state index contributed by atoms with van der Waals surface area (Å²) < 4.78 is 14.1. The number of rotatable bonds is 8. The number of carbonyl (C=O) groups is 1. The lowest BCUT2D eigenvalue weighted by Gasteiger charge is -2.35. The van der Waals surface area contributed by atoms with Gasteiger partial charge in [0.1, 0.15) is 22.9 Å². The van der Waals surface area contributed by atoms with Crippen LogP contribution in [0.25, 0.3) is 5.65 Å². The van der Waals surface area contributed by atoms with E-state index in [1.54, 1.807) is 48.7 Å². The van der Waals surface area contributed by atoms with Gasteiger partial charge < -0.3 is 30.0 Å². The average molecular weight is 482 g/mol. The van der Waals surface area contributed by atoms with Crippen LogP contribution < -0.4 is 21.5 Å². The smallest absolute Gasteiger partial charge is 0.274 e. The Labute approximate surface area is 202 Å². The molecule has 2 aliphatic carbocycles. The number of anilines is 3. The van der Waals surface area contributed by atoms with Gasteiger partial charge in [-0.1, -0.05) is 0 Å². The maximum absolute atomic E-state index is 13.1. The molecule has 2 aliphatic rings. The number of fused-ring (bicyclic) bond motifs is 1. The van der Waals surface area contributed by atoms with Crippen LogP contribution in [0, 0.1) is 0 Å². The van der Waals surface area contributed by atoms with E-state index < -0.39 is 0 Å². The fourth-order valence-corrected chi connectivity index (χ4v) is 4.90. The molecule has 35 heavy (non-hydrogen) atoms. The molecule has 0 unspecified atom stereocenters. The van der Waals surface area contributed by atoms with Crippen molar-refractivity contribution in [1.82, 2.24) is 24.5 Å². The molecule has 2 saturated carbocycles. The minimum absolute atomic E-state index is 0.0551. The first-order valence-corrected chi connectivity index (χ1v) is 11.9. The minimum atomic E-state index is -0.229. The molecule has 5 rings (SSSR count). The zero-order valence-electron chi connectivity index (χ0n) is 20.2. The van der Waals surface area contributed by atoms with Crippen molar-refractivity contribution in [3.05, 3.63) is 46.5 Å². The molecule has 0 radical (unpaired) electrons. The number of hydrogen-bond acceptors (Lipinski definition) is 8. The number of methoxy groups -OCH3 is 2. The highest BCUT2D eigenvalue weighted by Crippen LogP contribution is 2.33. The number of hydrogen-bond donors (Lipinski definition) is 3. The molecule has 1 amide bonds. The zero-order chi connectivity index (χ0) is 24.5. The Morgan fingerprint density at radius 1 is 1.14 bits per heavy atom. The van der Waals surface area contributed by atoms with Crippen LogP contribution in [0.15, 0.2) is 35.4 Å². The molecule has 0 aliphatic heterocycles. The molecule has 0 spiro atoms. The first-order chi connectivity index (χ1) is 17.0. The van der Waals surface area contributed by atoms with Crippen LogP contribution in [-0.2, 0) is 9.47 Å². The third kappa shape index (κ3) is 4.48. The van der Waals surface area contributed by atoms with Crippen LogP contribution in [0.4, 0.5) is 17.3 Å². The van der Waals surface area contributed by atoms with Gasteiger partial charge in [0.25, 0.3) is 11.5 Å². The van der Waals surface area contributed by atoms with Crippen LogP contribution in [0.1, 0.15) is 48.5 Å². The van der Waals surface area contributed by atoms with Crippen molar-refractivity contribution in [1.29, 1.82) is 0 Å². The Bertz CT molecular complexity index is 1280. The summed E-state index contributed by atoms with van der Waals surface area (Å²) in [6, 6.07) is 5.50. The van der Waals surface area contributed by atoms with Gasteiger partial charge in [0, 0.05) is 45.6 Å². The molecule has 2 fully saturated rings. The third-order valence-corrected chi connectivity index (χ3v) is 7.06. The molecule has 0 saturated heterocycles. The molecular weight excluding hydrogens is 450 g/mol. The van der Waals surface area contributed by atoms with Crippen molar-refractivity contribution in [2.24, 2.45) is 0 Å². The Morgan fingerprint density at radius 3 is 2.66 bits per heavy atom. The molecule has 186 valence electrons. The molecule has 11 nitrogen and oxygen atoms in total.